The van der Waals surface area contributed by atoms with Crippen molar-refractivity contribution in [3.63, 3.8) is 0 Å². The van der Waals surface area contributed by atoms with E-state index in [0.29, 0.717) is 12.5 Å². The van der Waals surface area contributed by atoms with Gasteiger partial charge in [0.25, 0.3) is 0 Å². The van der Waals surface area contributed by atoms with Crippen LogP contribution in [-0.2, 0) is 0 Å². The lowest BCUT2D eigenvalue weighted by atomic mass is 10.0. The van der Waals surface area contributed by atoms with Gasteiger partial charge >= 0.3 is 0 Å². The molecule has 1 N–H and O–H groups in total. The molecular weight excluding hydrogens is 210 g/mol. The Kier molecular flexibility index (Phi) is 5.51. The van der Waals surface area contributed by atoms with E-state index in [1.807, 2.05) is 14.1 Å². The van der Waals surface area contributed by atoms with Gasteiger partial charge in [0, 0.05) is 25.3 Å². The molecule has 0 saturated carbocycles. The second-order valence-electron chi connectivity index (χ2n) is 4.17. The van der Waals surface area contributed by atoms with E-state index < -0.39 is 0 Å². The molecule has 0 bridgehead atoms. The number of nitrogens with zero attached hydrogens (tertiary/aromatic N) is 2. The first kappa shape index (κ1) is 13.5. The van der Waals surface area contributed by atoms with Crippen molar-refractivity contribution in [2.75, 3.05) is 25.5 Å². The van der Waals surface area contributed by atoms with Crippen molar-refractivity contribution in [2.24, 2.45) is 0 Å². The molecule has 3 heteroatoms. The summed E-state index contributed by atoms with van der Waals surface area (Å²) in [6, 6.07) is 11.1. The quantitative estimate of drug-likeness (QED) is 0.818. The maximum absolute atomic E-state index is 8.56. The number of rotatable bonds is 6. The molecular formula is C14H21N3. The molecule has 17 heavy (non-hydrogen) atoms. The van der Waals surface area contributed by atoms with Crippen LogP contribution in [0.2, 0.25) is 0 Å². The standard InChI is InChI=1S/C14H21N3/c1-4-14(16-2)12-6-8-13(9-7-12)17(3)11-5-10-15/h6-9,14,16H,4-5,11H2,1-3H3. The fourth-order valence-corrected chi connectivity index (χ4v) is 1.91. The number of benzene rings is 1. The van der Waals surface area contributed by atoms with Gasteiger partial charge in [-0.1, -0.05) is 19.1 Å². The first-order chi connectivity index (χ1) is 8.22. The van der Waals surface area contributed by atoms with E-state index in [-0.39, 0.29) is 0 Å². The second-order valence-corrected chi connectivity index (χ2v) is 4.17. The average molecular weight is 231 g/mol. The SMILES string of the molecule is CCC(NC)c1ccc(N(C)CCC#N)cc1. The van der Waals surface area contributed by atoms with Gasteiger partial charge in [-0.15, -0.1) is 0 Å². The van der Waals surface area contributed by atoms with Gasteiger partial charge in [-0.05, 0) is 31.2 Å². The Hall–Kier alpha value is -1.53. The molecule has 92 valence electrons. The summed E-state index contributed by atoms with van der Waals surface area (Å²) in [6.07, 6.45) is 1.65. The highest BCUT2D eigenvalue weighted by Gasteiger charge is 2.06. The summed E-state index contributed by atoms with van der Waals surface area (Å²) < 4.78 is 0. The zero-order chi connectivity index (χ0) is 12.7. The van der Waals surface area contributed by atoms with Gasteiger partial charge < -0.3 is 10.2 Å². The fourth-order valence-electron chi connectivity index (χ4n) is 1.91. The van der Waals surface area contributed by atoms with Gasteiger partial charge in [-0.2, -0.15) is 5.26 Å². The van der Waals surface area contributed by atoms with E-state index >= 15 is 0 Å². The van der Waals surface area contributed by atoms with E-state index in [1.54, 1.807) is 0 Å². The number of anilines is 1. The third-order valence-electron chi connectivity index (χ3n) is 3.05. The lowest BCUT2D eigenvalue weighted by Crippen LogP contribution is -2.18. The molecule has 1 aromatic rings. The molecule has 0 aromatic heterocycles. The summed E-state index contributed by atoms with van der Waals surface area (Å²) in [4.78, 5) is 2.10. The highest BCUT2D eigenvalue weighted by atomic mass is 15.1. The van der Waals surface area contributed by atoms with Crippen LogP contribution in [0.5, 0.6) is 0 Å². The lowest BCUT2D eigenvalue weighted by molar-refractivity contribution is 0.577. The first-order valence-electron chi connectivity index (χ1n) is 6.08. The summed E-state index contributed by atoms with van der Waals surface area (Å²) in [5.41, 5.74) is 2.47. The predicted octanol–water partition coefficient (Wildman–Crippen LogP) is 2.71. The van der Waals surface area contributed by atoms with Gasteiger partial charge in [-0.25, -0.2) is 0 Å². The van der Waals surface area contributed by atoms with Crippen LogP contribution in [0.15, 0.2) is 24.3 Å². The molecule has 0 aliphatic carbocycles. The van der Waals surface area contributed by atoms with Gasteiger partial charge in [0.15, 0.2) is 0 Å². The minimum absolute atomic E-state index is 0.425. The van der Waals surface area contributed by atoms with Crippen molar-refractivity contribution in [3.8, 4) is 6.07 Å². The number of hydrogen-bond donors (Lipinski definition) is 1. The first-order valence-corrected chi connectivity index (χ1v) is 6.08. The summed E-state index contributed by atoms with van der Waals surface area (Å²) >= 11 is 0. The minimum atomic E-state index is 0.425. The molecule has 0 saturated heterocycles. The van der Waals surface area contributed by atoms with Crippen LogP contribution in [0, 0.1) is 11.3 Å². The molecule has 0 aliphatic heterocycles. The summed E-state index contributed by atoms with van der Waals surface area (Å²) in [5, 5.41) is 11.9. The molecule has 0 radical (unpaired) electrons. The lowest BCUT2D eigenvalue weighted by Gasteiger charge is -2.19. The van der Waals surface area contributed by atoms with Crippen molar-refractivity contribution in [3.05, 3.63) is 29.8 Å². The molecule has 0 spiro atoms. The van der Waals surface area contributed by atoms with Gasteiger partial charge in [0.2, 0.25) is 0 Å². The van der Waals surface area contributed by atoms with Crippen LogP contribution in [0.1, 0.15) is 31.4 Å². The highest BCUT2D eigenvalue weighted by Crippen LogP contribution is 2.20. The van der Waals surface area contributed by atoms with Crippen molar-refractivity contribution < 1.29 is 0 Å². The number of nitriles is 1. The zero-order valence-electron chi connectivity index (χ0n) is 10.9. The third kappa shape index (κ3) is 3.76. The van der Waals surface area contributed by atoms with E-state index in [1.165, 1.54) is 5.56 Å². The Labute approximate surface area is 104 Å². The minimum Gasteiger partial charge on any atom is -0.374 e. The normalized spacial score (nSPS) is 11.9. The van der Waals surface area contributed by atoms with E-state index in [2.05, 4.69) is 47.5 Å². The maximum Gasteiger partial charge on any atom is 0.0640 e. The summed E-state index contributed by atoms with van der Waals surface area (Å²) in [5.74, 6) is 0. The molecule has 0 amide bonds. The van der Waals surface area contributed by atoms with Crippen molar-refractivity contribution in [1.82, 2.24) is 5.32 Å². The van der Waals surface area contributed by atoms with Crippen LogP contribution in [0.4, 0.5) is 5.69 Å². The van der Waals surface area contributed by atoms with Gasteiger partial charge in [-0.3, -0.25) is 0 Å². The van der Waals surface area contributed by atoms with E-state index in [4.69, 9.17) is 5.26 Å². The van der Waals surface area contributed by atoms with E-state index in [0.717, 1.165) is 18.7 Å². The topological polar surface area (TPSA) is 39.1 Å². The molecule has 1 atom stereocenters. The number of hydrogen-bond acceptors (Lipinski definition) is 3. The van der Waals surface area contributed by atoms with Crippen molar-refractivity contribution >= 4 is 5.69 Å². The van der Waals surface area contributed by atoms with Crippen LogP contribution >= 0.6 is 0 Å². The highest BCUT2D eigenvalue weighted by molar-refractivity contribution is 5.47. The van der Waals surface area contributed by atoms with Crippen molar-refractivity contribution in [1.29, 1.82) is 5.26 Å². The molecule has 0 aliphatic rings. The second kappa shape index (κ2) is 6.93. The fraction of sp³-hybridized carbons (Fsp3) is 0.500. The van der Waals surface area contributed by atoms with Crippen LogP contribution in [0.25, 0.3) is 0 Å². The van der Waals surface area contributed by atoms with Crippen molar-refractivity contribution in [2.45, 2.75) is 25.8 Å². The van der Waals surface area contributed by atoms with Crippen LogP contribution < -0.4 is 10.2 Å². The predicted molar refractivity (Wildman–Crippen MR) is 72.0 cm³/mol. The van der Waals surface area contributed by atoms with E-state index in [9.17, 15) is 0 Å². The Morgan fingerprint density at radius 1 is 1.35 bits per heavy atom. The molecule has 0 fully saturated rings. The third-order valence-corrected chi connectivity index (χ3v) is 3.05. The largest absolute Gasteiger partial charge is 0.374 e. The molecule has 1 unspecified atom stereocenters. The Morgan fingerprint density at radius 2 is 2.00 bits per heavy atom. The van der Waals surface area contributed by atoms with Gasteiger partial charge in [0.1, 0.15) is 0 Å². The monoisotopic (exact) mass is 231 g/mol. The molecule has 3 nitrogen and oxygen atoms in total. The Morgan fingerprint density at radius 3 is 2.47 bits per heavy atom. The zero-order valence-corrected chi connectivity index (χ0v) is 10.9. The summed E-state index contributed by atoms with van der Waals surface area (Å²) in [7, 11) is 4.00. The molecule has 1 rings (SSSR count). The van der Waals surface area contributed by atoms with Crippen LogP contribution in [0.3, 0.4) is 0 Å². The Bertz CT molecular complexity index is 360. The smallest absolute Gasteiger partial charge is 0.0640 e. The van der Waals surface area contributed by atoms with Gasteiger partial charge in [0.05, 0.1) is 12.5 Å². The summed E-state index contributed by atoms with van der Waals surface area (Å²) in [6.45, 7) is 2.95. The Balaban J connectivity index is 2.70. The van der Waals surface area contributed by atoms with Crippen LogP contribution in [-0.4, -0.2) is 20.6 Å². The number of nitrogens with one attached hydrogen (secondary N) is 1. The average Bonchev–Trinajstić information content (AvgIpc) is 2.38. The molecule has 0 heterocycles. The maximum atomic E-state index is 8.56. The molecule has 1 aromatic carbocycles.